The van der Waals surface area contributed by atoms with Crippen LogP contribution in [-0.2, 0) is 13.6 Å². The molecule has 0 radical (unpaired) electrons. The van der Waals surface area contributed by atoms with Gasteiger partial charge in [-0.3, -0.25) is 4.57 Å². The van der Waals surface area contributed by atoms with Crippen LogP contribution >= 0.6 is 23.5 Å². The number of hydrogen-bond donors (Lipinski definition) is 1. The van der Waals surface area contributed by atoms with Crippen LogP contribution < -0.4 is 10.0 Å². The molecule has 0 saturated carbocycles. The molecule has 1 aromatic rings. The first kappa shape index (κ1) is 18.0. The molecule has 1 N–H and O–H groups in total. The minimum Gasteiger partial charge on any atom is -0.486 e. The van der Waals surface area contributed by atoms with Crippen LogP contribution in [-0.4, -0.2) is 28.7 Å². The zero-order valence-electron chi connectivity index (χ0n) is 13.2. The molecule has 0 fully saturated rings. The van der Waals surface area contributed by atoms with Crippen molar-refractivity contribution in [2.75, 3.05) is 13.2 Å². The first-order valence-corrected chi connectivity index (χ1v) is 9.75. The second-order valence-corrected chi connectivity index (χ2v) is 8.62. The molecule has 1 aliphatic rings. The summed E-state index contributed by atoms with van der Waals surface area (Å²) in [5.41, 5.74) is 0.0376. The Bertz CT molecular complexity index is 579. The van der Waals surface area contributed by atoms with Crippen molar-refractivity contribution < 1.29 is 23.5 Å². The number of aliphatic hydroxyl groups is 1. The second kappa shape index (κ2) is 6.62. The topological polar surface area (TPSA) is 65.0 Å². The molecule has 1 aromatic carbocycles. The van der Waals surface area contributed by atoms with Crippen LogP contribution in [0.2, 0.25) is 0 Å². The summed E-state index contributed by atoms with van der Waals surface area (Å²) in [6.45, 7) is 7.89. The Kier molecular flexibility index (Phi) is 5.40. The SMILES string of the molecule is CCOP(=O)(OCC)c1ccc2c(c1)[C@@H](O)[C@H](Br)C(C)(C)O2. The standard InChI is InChI=1S/C15H22BrO5P/c1-5-19-22(18,20-6-2)10-7-8-12-11(9-10)13(17)14(16)15(3,4)21-12/h7-9,13-14,17H,5-6H2,1-4H3/t13-,14+/m1/s1. The Hall–Kier alpha value is -0.390. The summed E-state index contributed by atoms with van der Waals surface area (Å²) in [5.74, 6) is 0.580. The zero-order chi connectivity index (χ0) is 16.5. The van der Waals surface area contributed by atoms with Crippen LogP contribution in [0.25, 0.3) is 0 Å². The van der Waals surface area contributed by atoms with Gasteiger partial charge in [0.2, 0.25) is 0 Å². The first-order chi connectivity index (χ1) is 10.2. The lowest BCUT2D eigenvalue weighted by atomic mass is 9.91. The van der Waals surface area contributed by atoms with Crippen molar-refractivity contribution in [1.82, 2.24) is 0 Å². The van der Waals surface area contributed by atoms with Crippen LogP contribution in [0, 0.1) is 0 Å². The quantitative estimate of drug-likeness (QED) is 0.613. The Balaban J connectivity index is 2.46. The number of halogens is 1. The van der Waals surface area contributed by atoms with Crippen molar-refractivity contribution in [2.45, 2.75) is 44.2 Å². The third-order valence-corrected chi connectivity index (χ3v) is 7.25. The third kappa shape index (κ3) is 3.26. The van der Waals surface area contributed by atoms with E-state index in [1.165, 1.54) is 0 Å². The second-order valence-electron chi connectivity index (χ2n) is 5.61. The highest BCUT2D eigenvalue weighted by atomic mass is 79.9. The van der Waals surface area contributed by atoms with Crippen LogP contribution in [0.1, 0.15) is 39.4 Å². The molecule has 22 heavy (non-hydrogen) atoms. The monoisotopic (exact) mass is 392 g/mol. The van der Waals surface area contributed by atoms with Gasteiger partial charge in [-0.2, -0.15) is 0 Å². The summed E-state index contributed by atoms with van der Waals surface area (Å²) in [4.78, 5) is -0.277. The van der Waals surface area contributed by atoms with Gasteiger partial charge >= 0.3 is 7.60 Å². The van der Waals surface area contributed by atoms with E-state index in [0.29, 0.717) is 16.6 Å². The number of alkyl halides is 1. The molecule has 7 heteroatoms. The van der Waals surface area contributed by atoms with E-state index in [2.05, 4.69) is 15.9 Å². The van der Waals surface area contributed by atoms with Gasteiger partial charge in [0.1, 0.15) is 11.4 Å². The van der Waals surface area contributed by atoms with E-state index < -0.39 is 19.3 Å². The van der Waals surface area contributed by atoms with Crippen molar-refractivity contribution >= 4 is 28.8 Å². The zero-order valence-corrected chi connectivity index (χ0v) is 15.7. The van der Waals surface area contributed by atoms with E-state index in [-0.39, 0.29) is 18.0 Å². The van der Waals surface area contributed by atoms with Gasteiger partial charge in [-0.25, -0.2) is 0 Å². The minimum absolute atomic E-state index is 0.277. The predicted molar refractivity (Wildman–Crippen MR) is 89.3 cm³/mol. The number of benzene rings is 1. The molecule has 1 aliphatic heterocycles. The molecular formula is C15H22BrO5P. The summed E-state index contributed by atoms with van der Waals surface area (Å²) in [6.07, 6.45) is -0.768. The van der Waals surface area contributed by atoms with Gasteiger partial charge in [-0.15, -0.1) is 0 Å². The van der Waals surface area contributed by atoms with Gasteiger partial charge in [0.15, 0.2) is 0 Å². The molecule has 0 spiro atoms. The van der Waals surface area contributed by atoms with Crippen molar-refractivity contribution in [3.8, 4) is 5.75 Å². The smallest absolute Gasteiger partial charge is 0.361 e. The molecule has 5 nitrogen and oxygen atoms in total. The Morgan fingerprint density at radius 2 is 1.91 bits per heavy atom. The molecular weight excluding hydrogens is 371 g/mol. The maximum absolute atomic E-state index is 12.8. The van der Waals surface area contributed by atoms with Crippen LogP contribution in [0.15, 0.2) is 18.2 Å². The summed E-state index contributed by atoms with van der Waals surface area (Å²) in [7, 11) is -3.38. The van der Waals surface area contributed by atoms with Gasteiger partial charge in [-0.1, -0.05) is 15.9 Å². The maximum Gasteiger partial charge on any atom is 0.361 e. The summed E-state index contributed by atoms with van der Waals surface area (Å²) in [5, 5.41) is 10.9. The lowest BCUT2D eigenvalue weighted by Gasteiger charge is -2.40. The van der Waals surface area contributed by atoms with E-state index in [1.54, 1.807) is 32.0 Å². The Morgan fingerprint density at radius 1 is 1.32 bits per heavy atom. The fraction of sp³-hybridized carbons (Fsp3) is 0.600. The Labute approximate surface area is 139 Å². The van der Waals surface area contributed by atoms with Crippen molar-refractivity contribution in [3.05, 3.63) is 23.8 Å². The van der Waals surface area contributed by atoms with Crippen LogP contribution in [0.3, 0.4) is 0 Å². The predicted octanol–water partition coefficient (Wildman–Crippen LogP) is 3.55. The number of aliphatic hydroxyl groups excluding tert-OH is 1. The van der Waals surface area contributed by atoms with Crippen molar-refractivity contribution in [3.63, 3.8) is 0 Å². The highest BCUT2D eigenvalue weighted by Gasteiger charge is 2.42. The van der Waals surface area contributed by atoms with E-state index >= 15 is 0 Å². The molecule has 124 valence electrons. The van der Waals surface area contributed by atoms with Crippen molar-refractivity contribution in [2.24, 2.45) is 0 Å². The van der Waals surface area contributed by atoms with Gasteiger partial charge in [-0.05, 0) is 45.9 Å². The minimum atomic E-state index is -3.38. The number of fused-ring (bicyclic) bond motifs is 1. The average molecular weight is 393 g/mol. The average Bonchev–Trinajstić information content (AvgIpc) is 2.45. The Morgan fingerprint density at radius 3 is 2.45 bits per heavy atom. The highest BCUT2D eigenvalue weighted by Crippen LogP contribution is 2.49. The number of rotatable bonds is 5. The molecule has 2 atom stereocenters. The van der Waals surface area contributed by atoms with Crippen LogP contribution in [0.4, 0.5) is 0 Å². The fourth-order valence-corrected chi connectivity index (χ4v) is 4.42. The number of ether oxygens (including phenoxy) is 1. The van der Waals surface area contributed by atoms with E-state index in [1.807, 2.05) is 13.8 Å². The van der Waals surface area contributed by atoms with Gasteiger partial charge < -0.3 is 18.9 Å². The van der Waals surface area contributed by atoms with Crippen LogP contribution in [0.5, 0.6) is 5.75 Å². The van der Waals surface area contributed by atoms with E-state index in [0.717, 1.165) is 0 Å². The molecule has 1 heterocycles. The van der Waals surface area contributed by atoms with Crippen molar-refractivity contribution in [1.29, 1.82) is 0 Å². The molecule has 0 aromatic heterocycles. The summed E-state index contributed by atoms with van der Waals surface area (Å²) >= 11 is 3.47. The van der Waals surface area contributed by atoms with E-state index in [4.69, 9.17) is 13.8 Å². The van der Waals surface area contributed by atoms with Gasteiger partial charge in [0.25, 0.3) is 0 Å². The normalized spacial score (nSPS) is 23.7. The fourth-order valence-electron chi connectivity index (χ4n) is 2.43. The lowest BCUT2D eigenvalue weighted by Crippen LogP contribution is -2.45. The molecule has 0 bridgehead atoms. The highest BCUT2D eigenvalue weighted by molar-refractivity contribution is 9.09. The molecule has 2 rings (SSSR count). The molecule has 0 amide bonds. The molecule has 0 saturated heterocycles. The lowest BCUT2D eigenvalue weighted by molar-refractivity contribution is 0.0226. The van der Waals surface area contributed by atoms with E-state index in [9.17, 15) is 9.67 Å². The molecule has 0 unspecified atom stereocenters. The third-order valence-electron chi connectivity index (χ3n) is 3.54. The number of hydrogen-bond acceptors (Lipinski definition) is 5. The summed E-state index contributed by atoms with van der Waals surface area (Å²) < 4.78 is 29.4. The largest absolute Gasteiger partial charge is 0.486 e. The first-order valence-electron chi connectivity index (χ1n) is 7.30. The van der Waals surface area contributed by atoms with Gasteiger partial charge in [0.05, 0.1) is 29.4 Å². The molecule has 0 aliphatic carbocycles. The maximum atomic E-state index is 12.8. The van der Waals surface area contributed by atoms with Gasteiger partial charge in [0, 0.05) is 5.56 Å². The summed E-state index contributed by atoms with van der Waals surface area (Å²) in [6, 6.07) is 5.02.